The Kier molecular flexibility index (Phi) is 6.23. The molecule has 2 fully saturated rings. The van der Waals surface area contributed by atoms with Crippen LogP contribution in [0.25, 0.3) is 0 Å². The van der Waals surface area contributed by atoms with Crippen molar-refractivity contribution in [3.8, 4) is 0 Å². The number of alkyl halides is 3. The number of carbonyl (C=O) groups excluding carboxylic acids is 2. The molecule has 0 bridgehead atoms. The van der Waals surface area contributed by atoms with Crippen molar-refractivity contribution in [1.82, 2.24) is 10.3 Å². The lowest BCUT2D eigenvalue weighted by Gasteiger charge is -2.38. The summed E-state index contributed by atoms with van der Waals surface area (Å²) in [6.07, 6.45) is -1.82. The van der Waals surface area contributed by atoms with Crippen LogP contribution in [0.3, 0.4) is 0 Å². The summed E-state index contributed by atoms with van der Waals surface area (Å²) in [6, 6.07) is 0.850. The number of halogens is 4. The van der Waals surface area contributed by atoms with Crippen LogP contribution in [0.15, 0.2) is 12.3 Å². The zero-order valence-corrected chi connectivity index (χ0v) is 16.4. The van der Waals surface area contributed by atoms with E-state index in [1.165, 1.54) is 0 Å². The fraction of sp³-hybridized carbons (Fsp3) is 0.611. The molecule has 1 aromatic heterocycles. The third-order valence-electron chi connectivity index (χ3n) is 5.39. The number of ether oxygens (including phenoxy) is 1. The molecule has 3 N–H and O–H groups in total. The number of nitrogens with one attached hydrogen (secondary N) is 1. The van der Waals surface area contributed by atoms with Gasteiger partial charge < -0.3 is 20.7 Å². The average molecular weight is 435 g/mol. The van der Waals surface area contributed by atoms with Crippen molar-refractivity contribution in [1.29, 1.82) is 0 Å². The van der Waals surface area contributed by atoms with Gasteiger partial charge in [-0.05, 0) is 31.7 Å². The Bertz CT molecular complexity index is 776. The number of amides is 2. The first-order chi connectivity index (χ1) is 13.6. The Labute approximate surface area is 170 Å². The lowest BCUT2D eigenvalue weighted by atomic mass is 9.89. The molecule has 29 heavy (non-hydrogen) atoms. The summed E-state index contributed by atoms with van der Waals surface area (Å²) < 4.78 is 43.6. The monoisotopic (exact) mass is 434 g/mol. The summed E-state index contributed by atoms with van der Waals surface area (Å²) in [7, 11) is 0. The zero-order valence-electron chi connectivity index (χ0n) is 15.6. The second kappa shape index (κ2) is 8.35. The normalized spacial score (nSPS) is 23.7. The van der Waals surface area contributed by atoms with Gasteiger partial charge in [-0.25, -0.2) is 4.98 Å². The molecule has 0 radical (unpaired) electrons. The minimum absolute atomic E-state index is 0.0536. The van der Waals surface area contributed by atoms with Gasteiger partial charge in [0.25, 0.3) is 0 Å². The molecular formula is C18H22ClF3N4O3. The molecule has 2 aliphatic rings. The Morgan fingerprint density at radius 3 is 2.55 bits per heavy atom. The van der Waals surface area contributed by atoms with E-state index in [4.69, 9.17) is 22.1 Å². The van der Waals surface area contributed by atoms with Crippen molar-refractivity contribution in [2.24, 2.45) is 11.7 Å². The van der Waals surface area contributed by atoms with Crippen LogP contribution in [0.4, 0.5) is 19.0 Å². The van der Waals surface area contributed by atoms with E-state index in [9.17, 15) is 22.8 Å². The first-order valence-electron chi connectivity index (χ1n) is 9.30. The molecule has 1 atom stereocenters. The van der Waals surface area contributed by atoms with Gasteiger partial charge in [-0.3, -0.25) is 9.59 Å². The molecule has 1 aromatic rings. The maximum atomic E-state index is 12.8. The van der Waals surface area contributed by atoms with E-state index in [2.05, 4.69) is 10.3 Å². The fourth-order valence-corrected chi connectivity index (χ4v) is 3.94. The number of anilines is 1. The van der Waals surface area contributed by atoms with Gasteiger partial charge >= 0.3 is 6.18 Å². The molecule has 0 aromatic carbocycles. The summed E-state index contributed by atoms with van der Waals surface area (Å²) in [5.74, 6) is -0.991. The number of carbonyl (C=O) groups is 2. The number of rotatable bonds is 4. The number of nitrogens with two attached hydrogens (primary N) is 1. The molecule has 2 saturated heterocycles. The van der Waals surface area contributed by atoms with Crippen LogP contribution in [-0.4, -0.2) is 48.6 Å². The number of nitrogens with zero attached hydrogens (tertiary/aromatic N) is 2. The highest BCUT2D eigenvalue weighted by molar-refractivity contribution is 6.33. The van der Waals surface area contributed by atoms with Crippen LogP contribution in [0.5, 0.6) is 0 Å². The van der Waals surface area contributed by atoms with E-state index in [-0.39, 0.29) is 29.3 Å². The van der Waals surface area contributed by atoms with Gasteiger partial charge in [0.2, 0.25) is 11.8 Å². The molecule has 2 aliphatic heterocycles. The van der Waals surface area contributed by atoms with Gasteiger partial charge in [0.15, 0.2) is 0 Å². The molecule has 0 saturated carbocycles. The van der Waals surface area contributed by atoms with E-state index in [0.29, 0.717) is 45.4 Å². The van der Waals surface area contributed by atoms with Crippen LogP contribution >= 0.6 is 11.6 Å². The molecule has 3 heterocycles. The van der Waals surface area contributed by atoms with E-state index in [0.717, 1.165) is 12.3 Å². The standard InChI is InChI=1S/C18H22ClF3N4O3/c19-13-8-12(18(20,21)22)9-24-14(13)26-5-2-11(3-6-26)15(27)25-17(16(23)28)4-1-7-29-10-17/h8-9,11H,1-7,10H2,(H2,23,28)(H,25,27)/t17-/m1/s1. The summed E-state index contributed by atoms with van der Waals surface area (Å²) in [5, 5.41) is 2.68. The topological polar surface area (TPSA) is 97.5 Å². The van der Waals surface area contributed by atoms with Crippen LogP contribution < -0.4 is 16.0 Å². The number of piperidine rings is 1. The van der Waals surface area contributed by atoms with Gasteiger partial charge in [-0.15, -0.1) is 0 Å². The molecule has 3 rings (SSSR count). The minimum Gasteiger partial charge on any atom is -0.378 e. The summed E-state index contributed by atoms with van der Waals surface area (Å²) in [5.41, 5.74) is 3.39. The van der Waals surface area contributed by atoms with Crippen molar-refractivity contribution < 1.29 is 27.5 Å². The predicted octanol–water partition coefficient (Wildman–Crippen LogP) is 2.12. The van der Waals surface area contributed by atoms with E-state index in [1.807, 2.05) is 0 Å². The van der Waals surface area contributed by atoms with Gasteiger partial charge in [-0.2, -0.15) is 13.2 Å². The Morgan fingerprint density at radius 1 is 1.34 bits per heavy atom. The zero-order chi connectivity index (χ0) is 21.2. The van der Waals surface area contributed by atoms with Crippen molar-refractivity contribution in [3.63, 3.8) is 0 Å². The highest BCUT2D eigenvalue weighted by Crippen LogP contribution is 2.34. The maximum absolute atomic E-state index is 12.8. The first kappa shape index (κ1) is 21.6. The second-order valence-corrected chi connectivity index (χ2v) is 7.79. The van der Waals surface area contributed by atoms with Crippen molar-refractivity contribution in [2.75, 3.05) is 31.2 Å². The highest BCUT2D eigenvalue weighted by Gasteiger charge is 2.42. The maximum Gasteiger partial charge on any atom is 0.417 e. The number of hydrogen-bond donors (Lipinski definition) is 2. The SMILES string of the molecule is NC(=O)[C@@]1(NC(=O)C2CCN(c3ncc(C(F)(F)F)cc3Cl)CC2)CCCOC1. The third kappa shape index (κ3) is 4.75. The largest absolute Gasteiger partial charge is 0.417 e. The fourth-order valence-electron chi connectivity index (χ4n) is 3.66. The van der Waals surface area contributed by atoms with Gasteiger partial charge in [0, 0.05) is 31.8 Å². The minimum atomic E-state index is -4.51. The number of hydrogen-bond acceptors (Lipinski definition) is 5. The summed E-state index contributed by atoms with van der Waals surface area (Å²) in [4.78, 5) is 30.2. The van der Waals surface area contributed by atoms with Crippen molar-refractivity contribution in [3.05, 3.63) is 22.8 Å². The predicted molar refractivity (Wildman–Crippen MR) is 99.3 cm³/mol. The van der Waals surface area contributed by atoms with Crippen LogP contribution in [0, 0.1) is 5.92 Å². The number of pyridine rings is 1. The van der Waals surface area contributed by atoms with Crippen molar-refractivity contribution >= 4 is 29.2 Å². The molecule has 11 heteroatoms. The second-order valence-electron chi connectivity index (χ2n) is 7.38. The molecule has 0 aliphatic carbocycles. The quantitative estimate of drug-likeness (QED) is 0.756. The summed E-state index contributed by atoms with van der Waals surface area (Å²) in [6.45, 7) is 1.37. The average Bonchev–Trinajstić information content (AvgIpc) is 2.68. The molecule has 7 nitrogen and oxygen atoms in total. The molecule has 0 spiro atoms. The third-order valence-corrected chi connectivity index (χ3v) is 5.67. The summed E-state index contributed by atoms with van der Waals surface area (Å²) >= 11 is 6.00. The Morgan fingerprint density at radius 2 is 2.03 bits per heavy atom. The molecular weight excluding hydrogens is 413 g/mol. The van der Waals surface area contributed by atoms with Crippen LogP contribution in [-0.2, 0) is 20.5 Å². The Balaban J connectivity index is 1.61. The highest BCUT2D eigenvalue weighted by atomic mass is 35.5. The van der Waals surface area contributed by atoms with Crippen LogP contribution in [0.2, 0.25) is 5.02 Å². The van der Waals surface area contributed by atoms with Crippen LogP contribution in [0.1, 0.15) is 31.2 Å². The van der Waals surface area contributed by atoms with Gasteiger partial charge in [0.1, 0.15) is 11.4 Å². The lowest BCUT2D eigenvalue weighted by molar-refractivity contribution is -0.139. The van der Waals surface area contributed by atoms with E-state index < -0.39 is 23.2 Å². The van der Waals surface area contributed by atoms with E-state index >= 15 is 0 Å². The lowest BCUT2D eigenvalue weighted by Crippen LogP contribution is -2.63. The molecule has 0 unspecified atom stereocenters. The van der Waals surface area contributed by atoms with Gasteiger partial charge in [0.05, 0.1) is 17.2 Å². The van der Waals surface area contributed by atoms with Crippen molar-refractivity contribution in [2.45, 2.75) is 37.4 Å². The van der Waals surface area contributed by atoms with E-state index in [1.54, 1.807) is 4.90 Å². The number of aromatic nitrogens is 1. The smallest absolute Gasteiger partial charge is 0.378 e. The van der Waals surface area contributed by atoms with Gasteiger partial charge in [-0.1, -0.05) is 11.6 Å². The molecule has 160 valence electrons. The molecule has 2 amide bonds. The Hall–Kier alpha value is -2.07. The number of primary amides is 1. The first-order valence-corrected chi connectivity index (χ1v) is 9.67.